The highest BCUT2D eigenvalue weighted by atomic mass is 32.2. The van der Waals surface area contributed by atoms with E-state index in [4.69, 9.17) is 14.2 Å². The molecule has 1 aliphatic rings. The molecule has 0 spiro atoms. The molecular formula is C22H25NO7S. The van der Waals surface area contributed by atoms with Crippen molar-refractivity contribution in [3.8, 4) is 11.5 Å². The number of esters is 1. The Labute approximate surface area is 181 Å². The van der Waals surface area contributed by atoms with Crippen LogP contribution in [0, 0.1) is 5.92 Å². The molecule has 0 unspecified atom stereocenters. The molecule has 0 aliphatic carbocycles. The lowest BCUT2D eigenvalue weighted by Crippen LogP contribution is -2.40. The highest BCUT2D eigenvalue weighted by molar-refractivity contribution is 7.89. The second-order valence-electron chi connectivity index (χ2n) is 7.09. The predicted molar refractivity (Wildman–Crippen MR) is 113 cm³/mol. The molecule has 0 amide bonds. The summed E-state index contributed by atoms with van der Waals surface area (Å²) >= 11 is 0. The van der Waals surface area contributed by atoms with Crippen LogP contribution in [0.1, 0.15) is 23.2 Å². The number of nitrogens with zero attached hydrogens (tertiary/aromatic N) is 1. The summed E-state index contributed by atoms with van der Waals surface area (Å²) in [7, 11) is -0.636. The van der Waals surface area contributed by atoms with Gasteiger partial charge in [-0.05, 0) is 37.1 Å². The number of rotatable bonds is 8. The number of piperidine rings is 1. The Morgan fingerprint density at radius 1 is 1.00 bits per heavy atom. The van der Waals surface area contributed by atoms with Gasteiger partial charge in [-0.15, -0.1) is 0 Å². The molecule has 166 valence electrons. The summed E-state index contributed by atoms with van der Waals surface area (Å²) < 4.78 is 42.3. The van der Waals surface area contributed by atoms with Gasteiger partial charge in [-0.25, -0.2) is 8.42 Å². The molecule has 3 rings (SSSR count). The van der Waals surface area contributed by atoms with Crippen LogP contribution in [0.25, 0.3) is 0 Å². The Kier molecular flexibility index (Phi) is 7.29. The third-order valence-corrected chi connectivity index (χ3v) is 7.14. The molecule has 0 saturated carbocycles. The first kappa shape index (κ1) is 22.8. The van der Waals surface area contributed by atoms with Crippen molar-refractivity contribution in [2.75, 3.05) is 33.9 Å². The molecule has 1 saturated heterocycles. The van der Waals surface area contributed by atoms with Gasteiger partial charge in [-0.3, -0.25) is 9.59 Å². The lowest BCUT2D eigenvalue weighted by Gasteiger charge is -2.30. The molecule has 1 aliphatic heterocycles. The normalized spacial score (nSPS) is 15.3. The third kappa shape index (κ3) is 5.23. The predicted octanol–water partition coefficient (Wildman–Crippen LogP) is 2.53. The van der Waals surface area contributed by atoms with Crippen molar-refractivity contribution < 1.29 is 32.2 Å². The first-order valence-corrected chi connectivity index (χ1v) is 11.3. The number of Topliss-reactive ketones (excluding diaryl/α,β-unsaturated/α-hetero) is 1. The Bertz CT molecular complexity index is 1030. The lowest BCUT2D eigenvalue weighted by atomic mass is 9.98. The van der Waals surface area contributed by atoms with Crippen molar-refractivity contribution in [1.29, 1.82) is 0 Å². The second kappa shape index (κ2) is 9.93. The molecule has 1 fully saturated rings. The monoisotopic (exact) mass is 447 g/mol. The van der Waals surface area contributed by atoms with E-state index in [2.05, 4.69) is 0 Å². The maximum atomic E-state index is 12.7. The van der Waals surface area contributed by atoms with Crippen molar-refractivity contribution in [2.45, 2.75) is 17.7 Å². The molecule has 0 aromatic heterocycles. The summed E-state index contributed by atoms with van der Waals surface area (Å²) in [4.78, 5) is 25.1. The summed E-state index contributed by atoms with van der Waals surface area (Å²) in [5.41, 5.74) is 0.292. The van der Waals surface area contributed by atoms with Crippen LogP contribution in [0.15, 0.2) is 53.4 Å². The molecular weight excluding hydrogens is 422 g/mol. The number of methoxy groups -OCH3 is 2. The van der Waals surface area contributed by atoms with Gasteiger partial charge in [0, 0.05) is 19.2 Å². The second-order valence-corrected chi connectivity index (χ2v) is 9.03. The van der Waals surface area contributed by atoms with Crippen molar-refractivity contribution in [3.63, 3.8) is 0 Å². The highest BCUT2D eigenvalue weighted by Crippen LogP contribution is 2.26. The van der Waals surface area contributed by atoms with Gasteiger partial charge >= 0.3 is 5.97 Å². The van der Waals surface area contributed by atoms with Gasteiger partial charge in [0.05, 0.1) is 30.6 Å². The SMILES string of the molecule is COc1ccc(C(=O)COC(=O)C2CCN(S(=O)(=O)c3ccccc3)CC2)c(OC)c1. The van der Waals surface area contributed by atoms with Gasteiger partial charge in [0.1, 0.15) is 11.5 Å². The molecule has 1 heterocycles. The standard InChI is InChI=1S/C22H25NO7S/c1-28-17-8-9-19(21(14-17)29-2)20(24)15-30-22(25)16-10-12-23(13-11-16)31(26,27)18-6-4-3-5-7-18/h3-9,14,16H,10-13,15H2,1-2H3. The summed E-state index contributed by atoms with van der Waals surface area (Å²) in [5, 5.41) is 0. The molecule has 2 aromatic carbocycles. The van der Waals surface area contributed by atoms with Crippen LogP contribution in [0.4, 0.5) is 0 Å². The van der Waals surface area contributed by atoms with Crippen molar-refractivity contribution in [2.24, 2.45) is 5.92 Å². The molecule has 0 atom stereocenters. The number of hydrogen-bond acceptors (Lipinski definition) is 7. The Morgan fingerprint density at radius 3 is 2.29 bits per heavy atom. The molecule has 9 heteroatoms. The lowest BCUT2D eigenvalue weighted by molar-refractivity contribution is -0.148. The van der Waals surface area contributed by atoms with Gasteiger partial charge in [0.25, 0.3) is 0 Å². The van der Waals surface area contributed by atoms with Crippen LogP contribution < -0.4 is 9.47 Å². The van der Waals surface area contributed by atoms with Crippen molar-refractivity contribution in [3.05, 3.63) is 54.1 Å². The highest BCUT2D eigenvalue weighted by Gasteiger charge is 2.33. The van der Waals surface area contributed by atoms with Crippen LogP contribution >= 0.6 is 0 Å². The average molecular weight is 448 g/mol. The van der Waals surface area contributed by atoms with E-state index in [1.54, 1.807) is 48.5 Å². The van der Waals surface area contributed by atoms with E-state index in [0.717, 1.165) is 0 Å². The fourth-order valence-corrected chi connectivity index (χ4v) is 4.93. The number of hydrogen-bond donors (Lipinski definition) is 0. The number of ketones is 1. The largest absolute Gasteiger partial charge is 0.497 e. The maximum absolute atomic E-state index is 12.7. The zero-order valence-corrected chi connectivity index (χ0v) is 18.3. The van der Waals surface area contributed by atoms with Crippen LogP contribution in [0.2, 0.25) is 0 Å². The minimum absolute atomic E-state index is 0.219. The van der Waals surface area contributed by atoms with Crippen molar-refractivity contribution >= 4 is 21.8 Å². The Hall–Kier alpha value is -2.91. The number of carbonyl (C=O) groups excluding carboxylic acids is 2. The molecule has 31 heavy (non-hydrogen) atoms. The van der Waals surface area contributed by atoms with E-state index in [-0.39, 0.29) is 18.0 Å². The molecule has 8 nitrogen and oxygen atoms in total. The summed E-state index contributed by atoms with van der Waals surface area (Å²) in [6.07, 6.45) is 0.676. The third-order valence-electron chi connectivity index (χ3n) is 5.22. The van der Waals surface area contributed by atoms with Crippen LogP contribution in [-0.2, 0) is 19.6 Å². The van der Waals surface area contributed by atoms with E-state index in [9.17, 15) is 18.0 Å². The molecule has 2 aromatic rings. The van der Waals surface area contributed by atoms with Gasteiger partial charge in [-0.1, -0.05) is 18.2 Å². The summed E-state index contributed by atoms with van der Waals surface area (Å²) in [6, 6.07) is 13.0. The van der Waals surface area contributed by atoms with E-state index < -0.39 is 34.3 Å². The minimum atomic E-state index is -3.58. The van der Waals surface area contributed by atoms with E-state index in [0.29, 0.717) is 29.9 Å². The van der Waals surface area contributed by atoms with Gasteiger partial charge in [0.2, 0.25) is 15.8 Å². The first-order chi connectivity index (χ1) is 14.9. The molecule has 0 radical (unpaired) electrons. The average Bonchev–Trinajstić information content (AvgIpc) is 2.82. The fraction of sp³-hybridized carbons (Fsp3) is 0.364. The summed E-state index contributed by atoms with van der Waals surface area (Å²) in [6.45, 7) is 0.0263. The van der Waals surface area contributed by atoms with E-state index in [1.165, 1.54) is 18.5 Å². The Morgan fingerprint density at radius 2 is 1.68 bits per heavy atom. The molecule has 0 bridgehead atoms. The van der Waals surface area contributed by atoms with Gasteiger partial charge < -0.3 is 14.2 Å². The van der Waals surface area contributed by atoms with E-state index >= 15 is 0 Å². The number of benzene rings is 2. The maximum Gasteiger partial charge on any atom is 0.309 e. The fourth-order valence-electron chi connectivity index (χ4n) is 3.43. The number of ether oxygens (including phenoxy) is 3. The van der Waals surface area contributed by atoms with Crippen LogP contribution in [0.5, 0.6) is 11.5 Å². The van der Waals surface area contributed by atoms with Gasteiger partial charge in [0.15, 0.2) is 6.61 Å². The number of sulfonamides is 1. The van der Waals surface area contributed by atoms with Crippen LogP contribution in [-0.4, -0.2) is 58.4 Å². The quantitative estimate of drug-likeness (QED) is 0.453. The van der Waals surface area contributed by atoms with Crippen LogP contribution in [0.3, 0.4) is 0 Å². The summed E-state index contributed by atoms with van der Waals surface area (Å²) in [5.74, 6) is -0.468. The number of carbonyl (C=O) groups is 2. The van der Waals surface area contributed by atoms with Crippen molar-refractivity contribution in [1.82, 2.24) is 4.31 Å². The zero-order chi connectivity index (χ0) is 22.4. The van der Waals surface area contributed by atoms with E-state index in [1.807, 2.05) is 0 Å². The van der Waals surface area contributed by atoms with Gasteiger partial charge in [-0.2, -0.15) is 4.31 Å². The minimum Gasteiger partial charge on any atom is -0.497 e. The zero-order valence-electron chi connectivity index (χ0n) is 17.4. The first-order valence-electron chi connectivity index (χ1n) is 9.84. The Balaban J connectivity index is 1.54. The smallest absolute Gasteiger partial charge is 0.309 e. The topological polar surface area (TPSA) is 99.2 Å². The molecule has 0 N–H and O–H groups in total.